The van der Waals surface area contributed by atoms with Gasteiger partial charge in [0.25, 0.3) is 0 Å². The number of carbonyl (C=O) groups is 2. The second-order valence-electron chi connectivity index (χ2n) is 6.92. The Morgan fingerprint density at radius 2 is 1.47 bits per heavy atom. The van der Waals surface area contributed by atoms with Crippen LogP contribution in [0.3, 0.4) is 0 Å². The maximum Gasteiger partial charge on any atom is 0.330 e. The minimum Gasteiger partial charge on any atom is -0.489 e. The third kappa shape index (κ3) is 6.79. The van der Waals surface area contributed by atoms with E-state index in [4.69, 9.17) is 18.9 Å². The monoisotopic (exact) mass is 458 g/mol. The Kier molecular flexibility index (Phi) is 10.1. The van der Waals surface area contributed by atoms with Crippen LogP contribution in [0.5, 0.6) is 11.5 Å². The van der Waals surface area contributed by atoms with Crippen LogP contribution in [0.25, 0.3) is 10.8 Å². The first-order valence-corrected chi connectivity index (χ1v) is 11.7. The van der Waals surface area contributed by atoms with E-state index in [9.17, 15) is 9.59 Å². The number of carbonyl (C=O) groups excluding carboxylic acids is 2. The molecule has 0 aliphatic heterocycles. The summed E-state index contributed by atoms with van der Waals surface area (Å²) in [5.74, 6) is 0.442. The summed E-state index contributed by atoms with van der Waals surface area (Å²) in [5.41, 5.74) is 0. The number of hydrogen-bond donors (Lipinski definition) is 0. The van der Waals surface area contributed by atoms with Crippen molar-refractivity contribution in [1.82, 2.24) is 0 Å². The second kappa shape index (κ2) is 12.8. The molecule has 2 aromatic rings. The zero-order valence-electron chi connectivity index (χ0n) is 18.8. The summed E-state index contributed by atoms with van der Waals surface area (Å²) in [6, 6.07) is 9.68. The zero-order valence-corrected chi connectivity index (χ0v) is 19.6. The van der Waals surface area contributed by atoms with Crippen LogP contribution in [0, 0.1) is 0 Å². The summed E-state index contributed by atoms with van der Waals surface area (Å²) in [5, 5.41) is 1.76. The van der Waals surface area contributed by atoms with Gasteiger partial charge in [-0.25, -0.2) is 9.59 Å². The van der Waals surface area contributed by atoms with Crippen LogP contribution in [0.1, 0.15) is 26.7 Å². The molecule has 0 fully saturated rings. The maximum atomic E-state index is 11.6. The van der Waals surface area contributed by atoms with E-state index in [-0.39, 0.29) is 25.4 Å². The third-order valence-electron chi connectivity index (χ3n) is 4.79. The SMILES string of the molecule is C=CC(=O)OC(CC)COc1cc(SC)c(OCC(CC)OC(=O)C=C)c2ccccc12. The Hall–Kier alpha value is -2.93. The number of fused-ring (bicyclic) bond motifs is 1. The van der Waals surface area contributed by atoms with Gasteiger partial charge in [-0.1, -0.05) is 51.3 Å². The summed E-state index contributed by atoms with van der Waals surface area (Å²) in [4.78, 5) is 24.0. The van der Waals surface area contributed by atoms with Crippen molar-refractivity contribution in [2.45, 2.75) is 43.8 Å². The van der Waals surface area contributed by atoms with Crippen LogP contribution in [0.15, 0.2) is 60.5 Å². The van der Waals surface area contributed by atoms with Gasteiger partial charge in [0.2, 0.25) is 0 Å². The number of hydrogen-bond acceptors (Lipinski definition) is 7. The summed E-state index contributed by atoms with van der Waals surface area (Å²) in [6.45, 7) is 11.2. The van der Waals surface area contributed by atoms with Gasteiger partial charge >= 0.3 is 11.9 Å². The molecule has 6 nitrogen and oxygen atoms in total. The highest BCUT2D eigenvalue weighted by atomic mass is 32.2. The largest absolute Gasteiger partial charge is 0.489 e. The van der Waals surface area contributed by atoms with Gasteiger partial charge in [0.1, 0.15) is 36.9 Å². The molecule has 0 saturated carbocycles. The predicted molar refractivity (Wildman–Crippen MR) is 127 cm³/mol. The van der Waals surface area contributed by atoms with Crippen LogP contribution < -0.4 is 9.47 Å². The fourth-order valence-corrected chi connectivity index (χ4v) is 3.54. The van der Waals surface area contributed by atoms with Crippen molar-refractivity contribution in [3.8, 4) is 11.5 Å². The molecule has 0 radical (unpaired) electrons. The topological polar surface area (TPSA) is 71.1 Å². The number of benzene rings is 2. The fraction of sp³-hybridized carbons (Fsp3) is 0.360. The van der Waals surface area contributed by atoms with Crippen LogP contribution in [0.2, 0.25) is 0 Å². The van der Waals surface area contributed by atoms with Crippen molar-refractivity contribution in [3.63, 3.8) is 0 Å². The fourth-order valence-electron chi connectivity index (χ4n) is 2.97. The number of rotatable bonds is 13. The van der Waals surface area contributed by atoms with E-state index >= 15 is 0 Å². The predicted octanol–water partition coefficient (Wildman–Crippen LogP) is 5.33. The van der Waals surface area contributed by atoms with E-state index in [0.717, 1.165) is 27.8 Å². The van der Waals surface area contributed by atoms with Gasteiger partial charge in [-0.2, -0.15) is 0 Å². The van der Waals surface area contributed by atoms with Crippen molar-refractivity contribution in [2.24, 2.45) is 0 Å². The Morgan fingerprint density at radius 3 is 1.97 bits per heavy atom. The van der Waals surface area contributed by atoms with Gasteiger partial charge in [0.05, 0.1) is 4.90 Å². The molecule has 0 heterocycles. The van der Waals surface area contributed by atoms with Crippen LogP contribution in [0.4, 0.5) is 0 Å². The Labute approximate surface area is 193 Å². The van der Waals surface area contributed by atoms with Crippen molar-refractivity contribution in [3.05, 3.63) is 55.6 Å². The Balaban J connectivity index is 2.29. The molecule has 172 valence electrons. The van der Waals surface area contributed by atoms with Crippen molar-refractivity contribution < 1.29 is 28.5 Å². The molecule has 0 spiro atoms. The minimum absolute atomic E-state index is 0.225. The number of esters is 2. The smallest absolute Gasteiger partial charge is 0.330 e. The molecule has 2 aromatic carbocycles. The molecule has 2 rings (SSSR count). The lowest BCUT2D eigenvalue weighted by molar-refractivity contribution is -0.145. The Morgan fingerprint density at radius 1 is 0.938 bits per heavy atom. The lowest BCUT2D eigenvalue weighted by Gasteiger charge is -2.21. The third-order valence-corrected chi connectivity index (χ3v) is 5.53. The summed E-state index contributed by atoms with van der Waals surface area (Å²) >= 11 is 1.53. The summed E-state index contributed by atoms with van der Waals surface area (Å²) in [7, 11) is 0. The molecular weight excluding hydrogens is 428 g/mol. The van der Waals surface area contributed by atoms with Gasteiger partial charge < -0.3 is 18.9 Å². The van der Waals surface area contributed by atoms with E-state index in [1.165, 1.54) is 11.8 Å². The van der Waals surface area contributed by atoms with Crippen LogP contribution >= 0.6 is 11.8 Å². The number of ether oxygens (including phenoxy) is 4. The van der Waals surface area contributed by atoms with E-state index < -0.39 is 11.9 Å². The molecule has 2 unspecified atom stereocenters. The van der Waals surface area contributed by atoms with Gasteiger partial charge in [0, 0.05) is 22.9 Å². The highest BCUT2D eigenvalue weighted by molar-refractivity contribution is 7.98. The highest BCUT2D eigenvalue weighted by Crippen LogP contribution is 2.41. The van der Waals surface area contributed by atoms with E-state index in [1.807, 2.05) is 50.4 Å². The summed E-state index contributed by atoms with van der Waals surface area (Å²) in [6.07, 6.45) is 4.73. The number of thioether (sulfide) groups is 1. The lowest BCUT2D eigenvalue weighted by Crippen LogP contribution is -2.24. The Bertz CT molecular complexity index is 955. The lowest BCUT2D eigenvalue weighted by atomic mass is 10.1. The molecule has 0 saturated heterocycles. The van der Waals surface area contributed by atoms with Crippen molar-refractivity contribution in [1.29, 1.82) is 0 Å². The average Bonchev–Trinajstić information content (AvgIpc) is 2.83. The molecule has 0 N–H and O–H groups in total. The molecule has 0 aliphatic carbocycles. The molecule has 0 amide bonds. The second-order valence-corrected chi connectivity index (χ2v) is 7.76. The first kappa shape index (κ1) is 25.3. The van der Waals surface area contributed by atoms with E-state index in [1.54, 1.807) is 0 Å². The molecule has 0 aliphatic rings. The molecule has 7 heteroatoms. The molecular formula is C25H30O6S. The normalized spacial score (nSPS) is 12.5. The van der Waals surface area contributed by atoms with Gasteiger partial charge in [-0.05, 0) is 25.2 Å². The zero-order chi connectivity index (χ0) is 23.5. The highest BCUT2D eigenvalue weighted by Gasteiger charge is 2.19. The molecule has 2 atom stereocenters. The standard InChI is InChI=1S/C25H30O6S/c1-6-17(30-23(26)8-3)15-28-21-14-22(32-5)25(20-13-11-10-12-19(20)21)29-16-18(7-2)31-24(27)9-4/h8-14,17-18H,3-4,6-7,15-16H2,1-2,5H3. The average molecular weight is 459 g/mol. The maximum absolute atomic E-state index is 11.6. The van der Waals surface area contributed by atoms with E-state index in [0.29, 0.717) is 24.3 Å². The molecule has 0 aromatic heterocycles. The molecule has 32 heavy (non-hydrogen) atoms. The minimum atomic E-state index is -0.471. The summed E-state index contributed by atoms with van der Waals surface area (Å²) < 4.78 is 22.9. The van der Waals surface area contributed by atoms with E-state index in [2.05, 4.69) is 13.2 Å². The molecule has 0 bridgehead atoms. The van der Waals surface area contributed by atoms with Crippen molar-refractivity contribution >= 4 is 34.5 Å². The van der Waals surface area contributed by atoms with Gasteiger partial charge in [-0.3, -0.25) is 0 Å². The quantitative estimate of drug-likeness (QED) is 0.228. The van der Waals surface area contributed by atoms with Crippen LogP contribution in [-0.4, -0.2) is 43.6 Å². The van der Waals surface area contributed by atoms with Crippen molar-refractivity contribution in [2.75, 3.05) is 19.5 Å². The first-order valence-electron chi connectivity index (χ1n) is 10.5. The van der Waals surface area contributed by atoms with Crippen LogP contribution in [-0.2, 0) is 19.1 Å². The first-order chi connectivity index (χ1) is 15.5. The van der Waals surface area contributed by atoms with Gasteiger partial charge in [-0.15, -0.1) is 11.8 Å². The van der Waals surface area contributed by atoms with Gasteiger partial charge in [0.15, 0.2) is 0 Å².